The van der Waals surface area contributed by atoms with E-state index in [0.29, 0.717) is 5.92 Å². The summed E-state index contributed by atoms with van der Waals surface area (Å²) in [5, 5.41) is 5.43. The first-order chi connectivity index (χ1) is 13.7. The third-order valence-corrected chi connectivity index (χ3v) is 6.46. The Morgan fingerprint density at radius 3 is 2.32 bits per heavy atom. The average Bonchev–Trinajstić information content (AvgIpc) is 2.73. The Labute approximate surface area is 167 Å². The highest BCUT2D eigenvalue weighted by atomic mass is 15.1. The van der Waals surface area contributed by atoms with E-state index >= 15 is 0 Å². The zero-order valence-electron chi connectivity index (χ0n) is 17.0. The summed E-state index contributed by atoms with van der Waals surface area (Å²) >= 11 is 0. The van der Waals surface area contributed by atoms with Gasteiger partial charge in [0.2, 0.25) is 0 Å². The summed E-state index contributed by atoms with van der Waals surface area (Å²) in [6.07, 6.45) is 3.70. The van der Waals surface area contributed by atoms with Crippen LogP contribution in [0.5, 0.6) is 0 Å². The number of benzene rings is 4. The van der Waals surface area contributed by atoms with Gasteiger partial charge >= 0.3 is 0 Å². The van der Waals surface area contributed by atoms with Gasteiger partial charge in [-0.15, -0.1) is 0 Å². The van der Waals surface area contributed by atoms with E-state index in [2.05, 4.69) is 92.5 Å². The molecular formula is C27H27N. The van der Waals surface area contributed by atoms with Crippen molar-refractivity contribution in [2.24, 2.45) is 0 Å². The summed E-state index contributed by atoms with van der Waals surface area (Å²) in [7, 11) is 2.26. The lowest BCUT2D eigenvalue weighted by Crippen LogP contribution is -2.22. The van der Waals surface area contributed by atoms with Gasteiger partial charge < -0.3 is 4.90 Å². The fourth-order valence-electron chi connectivity index (χ4n) is 5.12. The van der Waals surface area contributed by atoms with Crippen molar-refractivity contribution in [3.8, 4) is 0 Å². The first-order valence-electron chi connectivity index (χ1n) is 10.5. The van der Waals surface area contributed by atoms with Crippen LogP contribution in [0.4, 0.5) is 11.4 Å². The molecule has 1 nitrogen and oxygen atoms in total. The lowest BCUT2D eigenvalue weighted by molar-refractivity contribution is 0.646. The standard InChI is InChI=1S/C27H27N/c1-4-5-12-22-23-16-14-19-10-6-7-13-21(19)26(23)28(3)27-24(22)17-15-20-11-8-9-18(2)25(20)27/h6-11,13-17,22H,4-5,12H2,1-3H3. The molecule has 0 saturated heterocycles. The number of rotatable bonds is 3. The van der Waals surface area contributed by atoms with Crippen molar-refractivity contribution in [3.05, 3.63) is 83.4 Å². The normalized spacial score (nSPS) is 15.7. The van der Waals surface area contributed by atoms with Gasteiger partial charge in [-0.2, -0.15) is 0 Å². The second-order valence-corrected chi connectivity index (χ2v) is 8.15. The van der Waals surface area contributed by atoms with Crippen molar-refractivity contribution < 1.29 is 0 Å². The van der Waals surface area contributed by atoms with E-state index in [1.54, 1.807) is 0 Å². The van der Waals surface area contributed by atoms with Crippen molar-refractivity contribution in [1.82, 2.24) is 0 Å². The first-order valence-corrected chi connectivity index (χ1v) is 10.5. The Kier molecular flexibility index (Phi) is 4.12. The van der Waals surface area contributed by atoms with Crippen LogP contribution in [0.1, 0.15) is 48.8 Å². The molecule has 0 aliphatic carbocycles. The van der Waals surface area contributed by atoms with Gasteiger partial charge in [-0.25, -0.2) is 0 Å². The molecule has 140 valence electrons. The summed E-state index contributed by atoms with van der Waals surface area (Å²) in [6.45, 7) is 4.54. The van der Waals surface area contributed by atoms with E-state index in [9.17, 15) is 0 Å². The topological polar surface area (TPSA) is 3.24 Å². The number of hydrogen-bond acceptors (Lipinski definition) is 1. The molecule has 0 aromatic heterocycles. The fraction of sp³-hybridized carbons (Fsp3) is 0.259. The molecule has 1 heteroatoms. The average molecular weight is 366 g/mol. The predicted molar refractivity (Wildman–Crippen MR) is 122 cm³/mol. The summed E-state index contributed by atoms with van der Waals surface area (Å²) in [5.41, 5.74) is 7.12. The lowest BCUT2D eigenvalue weighted by atomic mass is 9.79. The van der Waals surface area contributed by atoms with Crippen LogP contribution < -0.4 is 4.90 Å². The fourth-order valence-corrected chi connectivity index (χ4v) is 5.12. The molecule has 4 aromatic rings. The molecule has 0 spiro atoms. The Morgan fingerprint density at radius 1 is 0.786 bits per heavy atom. The number of anilines is 2. The van der Waals surface area contributed by atoms with Crippen molar-refractivity contribution in [2.75, 3.05) is 11.9 Å². The van der Waals surface area contributed by atoms with Crippen LogP contribution in [0.15, 0.2) is 66.7 Å². The maximum atomic E-state index is 2.46. The summed E-state index contributed by atoms with van der Waals surface area (Å²) in [6, 6.07) is 24.9. The van der Waals surface area contributed by atoms with E-state index in [4.69, 9.17) is 0 Å². The number of unbranched alkanes of at least 4 members (excludes halogenated alkanes) is 1. The van der Waals surface area contributed by atoms with Crippen LogP contribution in [-0.2, 0) is 0 Å². The molecule has 1 aliphatic rings. The van der Waals surface area contributed by atoms with Gasteiger partial charge in [0.1, 0.15) is 0 Å². The Hall–Kier alpha value is -2.80. The number of nitrogens with zero attached hydrogens (tertiary/aromatic N) is 1. The molecule has 4 aromatic carbocycles. The molecule has 1 unspecified atom stereocenters. The molecule has 1 heterocycles. The highest BCUT2D eigenvalue weighted by Gasteiger charge is 2.31. The third-order valence-electron chi connectivity index (χ3n) is 6.46. The minimum Gasteiger partial charge on any atom is -0.343 e. The molecule has 0 bridgehead atoms. The second kappa shape index (κ2) is 6.67. The molecule has 5 rings (SSSR count). The Morgan fingerprint density at radius 2 is 1.50 bits per heavy atom. The molecule has 1 atom stereocenters. The Balaban J connectivity index is 1.87. The largest absolute Gasteiger partial charge is 0.343 e. The predicted octanol–water partition coefficient (Wildman–Crippen LogP) is 7.70. The molecule has 0 saturated carbocycles. The maximum Gasteiger partial charge on any atom is 0.0529 e. The van der Waals surface area contributed by atoms with Gasteiger partial charge in [0.15, 0.2) is 0 Å². The van der Waals surface area contributed by atoms with Crippen LogP contribution in [-0.4, -0.2) is 7.05 Å². The van der Waals surface area contributed by atoms with Crippen LogP contribution in [0.2, 0.25) is 0 Å². The van der Waals surface area contributed by atoms with Crippen molar-refractivity contribution >= 4 is 32.9 Å². The minimum atomic E-state index is 0.467. The van der Waals surface area contributed by atoms with E-state index in [1.807, 2.05) is 0 Å². The van der Waals surface area contributed by atoms with Gasteiger partial charge in [0.25, 0.3) is 0 Å². The Bertz CT molecular complexity index is 1190. The summed E-state index contributed by atoms with van der Waals surface area (Å²) < 4.78 is 0. The van der Waals surface area contributed by atoms with Gasteiger partial charge in [-0.1, -0.05) is 86.5 Å². The maximum absolute atomic E-state index is 2.46. The molecule has 0 N–H and O–H groups in total. The van der Waals surface area contributed by atoms with Crippen molar-refractivity contribution in [2.45, 2.75) is 39.0 Å². The van der Waals surface area contributed by atoms with Gasteiger partial charge in [0, 0.05) is 23.7 Å². The van der Waals surface area contributed by atoms with Gasteiger partial charge in [0.05, 0.1) is 11.4 Å². The van der Waals surface area contributed by atoms with E-state index < -0.39 is 0 Å². The molecule has 1 aliphatic heterocycles. The van der Waals surface area contributed by atoms with Gasteiger partial charge in [-0.05, 0) is 40.8 Å². The first kappa shape index (κ1) is 17.3. The van der Waals surface area contributed by atoms with Crippen molar-refractivity contribution in [1.29, 1.82) is 0 Å². The molecule has 28 heavy (non-hydrogen) atoms. The molecule has 0 fully saturated rings. The number of aryl methyl sites for hydroxylation is 1. The second-order valence-electron chi connectivity index (χ2n) is 8.15. The van der Waals surface area contributed by atoms with E-state index in [0.717, 1.165) is 0 Å². The quantitative estimate of drug-likeness (QED) is 0.359. The molecule has 0 amide bonds. The summed E-state index contributed by atoms with van der Waals surface area (Å²) in [4.78, 5) is 2.46. The van der Waals surface area contributed by atoms with Crippen LogP contribution in [0.25, 0.3) is 21.5 Å². The highest BCUT2D eigenvalue weighted by Crippen LogP contribution is 2.52. The number of hydrogen-bond donors (Lipinski definition) is 0. The van der Waals surface area contributed by atoms with Crippen LogP contribution >= 0.6 is 0 Å². The summed E-state index contributed by atoms with van der Waals surface area (Å²) in [5.74, 6) is 0.467. The molecule has 0 radical (unpaired) electrons. The van der Waals surface area contributed by atoms with Crippen LogP contribution in [0.3, 0.4) is 0 Å². The lowest BCUT2D eigenvalue weighted by Gasteiger charge is -2.37. The SMILES string of the molecule is CCCCC1c2ccc3ccccc3c2N(C)c2c1ccc1cccc(C)c21. The minimum absolute atomic E-state index is 0.467. The van der Waals surface area contributed by atoms with E-state index in [1.165, 1.54) is 68.9 Å². The highest BCUT2D eigenvalue weighted by molar-refractivity contribution is 6.06. The zero-order chi connectivity index (χ0) is 19.3. The smallest absolute Gasteiger partial charge is 0.0529 e. The van der Waals surface area contributed by atoms with Crippen LogP contribution in [0, 0.1) is 6.92 Å². The van der Waals surface area contributed by atoms with E-state index in [-0.39, 0.29) is 0 Å². The zero-order valence-corrected chi connectivity index (χ0v) is 17.0. The van der Waals surface area contributed by atoms with Gasteiger partial charge in [-0.3, -0.25) is 0 Å². The monoisotopic (exact) mass is 365 g/mol. The molecular weight excluding hydrogens is 338 g/mol. The number of fused-ring (bicyclic) bond motifs is 6. The third kappa shape index (κ3) is 2.46. The van der Waals surface area contributed by atoms with Crippen molar-refractivity contribution in [3.63, 3.8) is 0 Å².